The molecule has 0 unspecified atom stereocenters. The van der Waals surface area contributed by atoms with E-state index >= 15 is 0 Å². The van der Waals surface area contributed by atoms with Gasteiger partial charge in [0.05, 0.1) is 13.4 Å². The smallest absolute Gasteiger partial charge is 0.211 e. The standard InChI is InChI=1S/C20H21N7O5/c1-3-26(11-28)19-15(29)16(30)20(32-19)27-10-22-14-17(25-31-2)23-13(24-18(14)27)8-7-12-6-4-5-9-21-12/h4-6,9-11,15-16,19-20,29-30H,3H2,1-2H3,(H,23,24,25)/t15-,16+,19-,20+/m0/s1. The second-order valence-electron chi connectivity index (χ2n) is 6.83. The van der Waals surface area contributed by atoms with Gasteiger partial charge in [-0.3, -0.25) is 14.2 Å². The van der Waals surface area contributed by atoms with E-state index in [1.54, 1.807) is 25.3 Å². The average molecular weight is 439 g/mol. The molecule has 3 N–H and O–H groups in total. The highest BCUT2D eigenvalue weighted by Crippen LogP contribution is 2.33. The molecule has 4 heterocycles. The normalized spacial score (nSPS) is 22.4. The van der Waals surface area contributed by atoms with Crippen molar-refractivity contribution in [1.29, 1.82) is 0 Å². The number of rotatable bonds is 6. The monoisotopic (exact) mass is 439 g/mol. The lowest BCUT2D eigenvalue weighted by atomic mass is 10.2. The van der Waals surface area contributed by atoms with E-state index in [0.29, 0.717) is 24.2 Å². The molecule has 12 heteroatoms. The van der Waals surface area contributed by atoms with Crippen molar-refractivity contribution in [3.05, 3.63) is 42.2 Å². The van der Waals surface area contributed by atoms with Crippen LogP contribution >= 0.6 is 0 Å². The predicted octanol–water partition coefficient (Wildman–Crippen LogP) is -0.351. The van der Waals surface area contributed by atoms with Crippen molar-refractivity contribution < 1.29 is 24.6 Å². The Morgan fingerprint density at radius 1 is 1.28 bits per heavy atom. The number of anilines is 1. The molecule has 0 aromatic carbocycles. The Bertz CT molecular complexity index is 1160. The fourth-order valence-electron chi connectivity index (χ4n) is 3.34. The summed E-state index contributed by atoms with van der Waals surface area (Å²) >= 11 is 0. The lowest BCUT2D eigenvalue weighted by molar-refractivity contribution is -0.141. The number of carbonyl (C=O) groups is 1. The zero-order chi connectivity index (χ0) is 22.7. The highest BCUT2D eigenvalue weighted by atomic mass is 16.6. The molecule has 3 aromatic heterocycles. The van der Waals surface area contributed by atoms with Crippen LogP contribution in [-0.4, -0.2) is 78.1 Å². The molecule has 4 rings (SSSR count). The number of pyridine rings is 1. The highest BCUT2D eigenvalue weighted by molar-refractivity contribution is 5.83. The molecule has 1 aliphatic rings. The second-order valence-corrected chi connectivity index (χ2v) is 6.83. The van der Waals surface area contributed by atoms with Crippen molar-refractivity contribution >= 4 is 23.4 Å². The third-order valence-electron chi connectivity index (χ3n) is 4.90. The third kappa shape index (κ3) is 3.97. The maximum Gasteiger partial charge on any atom is 0.211 e. The number of fused-ring (bicyclic) bond motifs is 1. The zero-order valence-corrected chi connectivity index (χ0v) is 17.3. The number of nitrogens with zero attached hydrogens (tertiary/aromatic N) is 6. The summed E-state index contributed by atoms with van der Waals surface area (Å²) in [5.41, 5.74) is 3.81. The van der Waals surface area contributed by atoms with E-state index in [9.17, 15) is 15.0 Å². The lowest BCUT2D eigenvalue weighted by Crippen LogP contribution is -2.43. The van der Waals surface area contributed by atoms with Gasteiger partial charge in [-0.25, -0.2) is 20.4 Å². The first-order valence-electron chi connectivity index (χ1n) is 9.76. The molecule has 0 aliphatic carbocycles. The Balaban J connectivity index is 1.75. The predicted molar refractivity (Wildman–Crippen MR) is 111 cm³/mol. The number of hydrogen-bond acceptors (Lipinski definition) is 10. The van der Waals surface area contributed by atoms with Crippen LogP contribution in [0, 0.1) is 11.8 Å². The second kappa shape index (κ2) is 9.25. The van der Waals surface area contributed by atoms with Crippen LogP contribution in [0.5, 0.6) is 0 Å². The number of aliphatic hydroxyl groups excluding tert-OH is 2. The van der Waals surface area contributed by atoms with E-state index in [2.05, 4.69) is 37.3 Å². The van der Waals surface area contributed by atoms with Gasteiger partial charge < -0.3 is 19.8 Å². The SMILES string of the molecule is CCN(C=O)[C@H]1O[C@@H](n2cnc3c(NOC)nc(C#Cc4ccccn4)nc32)[C@H](O)[C@@H]1O. The van der Waals surface area contributed by atoms with E-state index in [1.807, 2.05) is 6.07 Å². The largest absolute Gasteiger partial charge is 0.385 e. The van der Waals surface area contributed by atoms with Gasteiger partial charge in [0, 0.05) is 12.7 Å². The van der Waals surface area contributed by atoms with Crippen LogP contribution < -0.4 is 5.48 Å². The van der Waals surface area contributed by atoms with Gasteiger partial charge in [0.15, 0.2) is 29.4 Å². The van der Waals surface area contributed by atoms with Gasteiger partial charge in [-0.05, 0) is 30.9 Å². The van der Waals surface area contributed by atoms with E-state index < -0.39 is 24.7 Å². The minimum Gasteiger partial charge on any atom is -0.385 e. The van der Waals surface area contributed by atoms with E-state index in [1.165, 1.54) is 22.9 Å². The van der Waals surface area contributed by atoms with Crippen LogP contribution in [0.4, 0.5) is 5.82 Å². The van der Waals surface area contributed by atoms with Crippen molar-refractivity contribution in [2.24, 2.45) is 0 Å². The Morgan fingerprint density at radius 2 is 2.12 bits per heavy atom. The Hall–Kier alpha value is -3.63. The van der Waals surface area contributed by atoms with Crippen LogP contribution in [0.3, 0.4) is 0 Å². The maximum atomic E-state index is 11.3. The summed E-state index contributed by atoms with van der Waals surface area (Å²) < 4.78 is 7.27. The molecular formula is C20H21N7O5. The van der Waals surface area contributed by atoms with Crippen LogP contribution in [0.1, 0.15) is 24.7 Å². The van der Waals surface area contributed by atoms with Gasteiger partial charge >= 0.3 is 0 Å². The Kier molecular flexibility index (Phi) is 6.24. The van der Waals surface area contributed by atoms with Gasteiger partial charge in [0.2, 0.25) is 12.2 Å². The number of ether oxygens (including phenoxy) is 1. The molecule has 0 bridgehead atoms. The molecule has 0 spiro atoms. The van der Waals surface area contributed by atoms with Crippen LogP contribution in [0.15, 0.2) is 30.7 Å². The average Bonchev–Trinajstić information content (AvgIpc) is 3.36. The molecule has 0 saturated carbocycles. The lowest BCUT2D eigenvalue weighted by Gasteiger charge is -2.25. The molecule has 1 aliphatic heterocycles. The summed E-state index contributed by atoms with van der Waals surface area (Å²) in [6, 6.07) is 5.35. The fraction of sp³-hybridized carbons (Fsp3) is 0.350. The maximum absolute atomic E-state index is 11.3. The van der Waals surface area contributed by atoms with Gasteiger partial charge in [-0.15, -0.1) is 0 Å². The molecule has 1 amide bonds. The number of carbonyl (C=O) groups excluding carboxylic acids is 1. The first-order chi connectivity index (χ1) is 15.6. The van der Waals surface area contributed by atoms with Gasteiger partial charge in [-0.2, -0.15) is 4.98 Å². The molecular weight excluding hydrogens is 418 g/mol. The van der Waals surface area contributed by atoms with Crippen molar-refractivity contribution in [3.63, 3.8) is 0 Å². The molecule has 12 nitrogen and oxygen atoms in total. The van der Waals surface area contributed by atoms with E-state index in [0.717, 1.165) is 0 Å². The summed E-state index contributed by atoms with van der Waals surface area (Å²) in [5, 5.41) is 21.0. The van der Waals surface area contributed by atoms with Crippen molar-refractivity contribution in [2.45, 2.75) is 31.6 Å². The summed E-state index contributed by atoms with van der Waals surface area (Å²) in [5.74, 6) is 6.13. The number of amides is 1. The minimum absolute atomic E-state index is 0.150. The summed E-state index contributed by atoms with van der Waals surface area (Å²) in [6.45, 7) is 2.03. The number of nitrogens with one attached hydrogen (secondary N) is 1. The third-order valence-corrected chi connectivity index (χ3v) is 4.90. The number of hydrogen-bond donors (Lipinski definition) is 3. The van der Waals surface area contributed by atoms with Crippen molar-refractivity contribution in [3.8, 4) is 11.8 Å². The van der Waals surface area contributed by atoms with Crippen molar-refractivity contribution in [2.75, 3.05) is 19.1 Å². The Labute approximate surface area is 182 Å². The summed E-state index contributed by atoms with van der Waals surface area (Å²) in [7, 11) is 1.42. The summed E-state index contributed by atoms with van der Waals surface area (Å²) in [6.07, 6.45) is -1.12. The Morgan fingerprint density at radius 3 is 2.81 bits per heavy atom. The quantitative estimate of drug-likeness (QED) is 0.264. The molecule has 166 valence electrons. The van der Waals surface area contributed by atoms with E-state index in [4.69, 9.17) is 9.57 Å². The highest BCUT2D eigenvalue weighted by Gasteiger charge is 2.46. The van der Waals surface area contributed by atoms with Gasteiger partial charge in [0.25, 0.3) is 0 Å². The molecule has 4 atom stereocenters. The van der Waals surface area contributed by atoms with Crippen molar-refractivity contribution in [1.82, 2.24) is 29.4 Å². The number of aliphatic hydroxyl groups is 2. The van der Waals surface area contributed by atoms with Crippen LogP contribution in [-0.2, 0) is 14.4 Å². The van der Waals surface area contributed by atoms with Crippen LogP contribution in [0.2, 0.25) is 0 Å². The number of likely N-dealkylation sites (N-methyl/N-ethyl adjacent to an activating group) is 1. The van der Waals surface area contributed by atoms with Gasteiger partial charge in [0.1, 0.15) is 17.9 Å². The number of imidazole rings is 1. The summed E-state index contributed by atoms with van der Waals surface area (Å²) in [4.78, 5) is 34.7. The number of aromatic nitrogens is 5. The van der Waals surface area contributed by atoms with Gasteiger partial charge in [-0.1, -0.05) is 6.07 Å². The molecule has 32 heavy (non-hydrogen) atoms. The van der Waals surface area contributed by atoms with Crippen LogP contribution in [0.25, 0.3) is 11.2 Å². The molecule has 1 fully saturated rings. The zero-order valence-electron chi connectivity index (χ0n) is 17.3. The molecule has 3 aromatic rings. The first kappa shape index (κ1) is 21.6. The topological polar surface area (TPSA) is 148 Å². The first-order valence-corrected chi connectivity index (χ1v) is 9.76. The molecule has 0 radical (unpaired) electrons. The fourth-order valence-corrected chi connectivity index (χ4v) is 3.34. The minimum atomic E-state index is -1.33. The molecule has 1 saturated heterocycles. The van der Waals surface area contributed by atoms with E-state index in [-0.39, 0.29) is 17.3 Å².